The second kappa shape index (κ2) is 4.37. The van der Waals surface area contributed by atoms with E-state index in [2.05, 4.69) is 4.74 Å². The topological polar surface area (TPSA) is 26.3 Å². The summed E-state index contributed by atoms with van der Waals surface area (Å²) in [6.07, 6.45) is -1.63. The summed E-state index contributed by atoms with van der Waals surface area (Å²) in [5, 5.41) is 1.76. The molecule has 0 aromatic carbocycles. The number of thiophene rings is 1. The maximum Gasteiger partial charge on any atom is 0.345 e. The van der Waals surface area contributed by atoms with E-state index >= 15 is 0 Å². The molecule has 0 aliphatic rings. The first-order valence-electron chi connectivity index (χ1n) is 4.01. The van der Waals surface area contributed by atoms with Crippen LogP contribution in [0.4, 0.5) is 4.39 Å². The Morgan fingerprint density at radius 3 is 2.92 bits per heavy atom. The molecule has 0 saturated heterocycles. The van der Waals surface area contributed by atoms with Crippen molar-refractivity contribution in [3.8, 4) is 0 Å². The average Bonchev–Trinajstić information content (AvgIpc) is 2.50. The van der Waals surface area contributed by atoms with E-state index in [1.807, 2.05) is 0 Å². The summed E-state index contributed by atoms with van der Waals surface area (Å²) in [7, 11) is 0. The van der Waals surface area contributed by atoms with E-state index in [0.717, 1.165) is 4.88 Å². The maximum absolute atomic E-state index is 13.3. The van der Waals surface area contributed by atoms with Gasteiger partial charge in [0.25, 0.3) is 0 Å². The molecule has 4 heteroatoms. The van der Waals surface area contributed by atoms with Crippen LogP contribution < -0.4 is 0 Å². The fourth-order valence-electron chi connectivity index (χ4n) is 1.00. The number of hydrogen-bond donors (Lipinski definition) is 0. The van der Waals surface area contributed by atoms with Crippen molar-refractivity contribution in [3.63, 3.8) is 0 Å². The summed E-state index contributed by atoms with van der Waals surface area (Å²) in [6, 6.07) is 1.61. The third-order valence-electron chi connectivity index (χ3n) is 1.67. The van der Waals surface area contributed by atoms with Gasteiger partial charge in [0.2, 0.25) is 6.17 Å². The zero-order valence-corrected chi connectivity index (χ0v) is 8.36. The van der Waals surface area contributed by atoms with Crippen LogP contribution in [0.25, 0.3) is 0 Å². The molecule has 0 bridgehead atoms. The lowest BCUT2D eigenvalue weighted by Crippen LogP contribution is -2.11. The minimum Gasteiger partial charge on any atom is -0.464 e. The van der Waals surface area contributed by atoms with Crippen LogP contribution in [0.15, 0.2) is 11.4 Å². The molecule has 1 aromatic heterocycles. The molecule has 0 fully saturated rings. The van der Waals surface area contributed by atoms with Crippen LogP contribution in [0.5, 0.6) is 0 Å². The Morgan fingerprint density at radius 2 is 2.46 bits per heavy atom. The Bertz CT molecular complexity index is 296. The van der Waals surface area contributed by atoms with Crippen molar-refractivity contribution >= 4 is 17.3 Å². The van der Waals surface area contributed by atoms with E-state index in [9.17, 15) is 9.18 Å². The van der Waals surface area contributed by atoms with E-state index in [4.69, 9.17) is 0 Å². The molecule has 0 aliphatic carbocycles. The van der Waals surface area contributed by atoms with Gasteiger partial charge in [-0.05, 0) is 25.3 Å². The quantitative estimate of drug-likeness (QED) is 0.704. The smallest absolute Gasteiger partial charge is 0.345 e. The van der Waals surface area contributed by atoms with Gasteiger partial charge in [-0.25, -0.2) is 9.18 Å². The molecule has 1 unspecified atom stereocenters. The predicted octanol–water partition coefficient (Wildman–Crippen LogP) is 2.63. The van der Waals surface area contributed by atoms with Crippen molar-refractivity contribution in [1.29, 1.82) is 0 Å². The Morgan fingerprint density at radius 1 is 1.77 bits per heavy atom. The first kappa shape index (κ1) is 10.2. The first-order chi connectivity index (χ1) is 6.16. The fraction of sp³-hybridized carbons (Fsp3) is 0.444. The number of esters is 1. The Balaban J connectivity index is 2.73. The first-order valence-corrected chi connectivity index (χ1v) is 4.89. The number of carbonyl (C=O) groups excluding carboxylic acids is 1. The second-order valence-corrected chi connectivity index (χ2v) is 3.67. The van der Waals surface area contributed by atoms with Gasteiger partial charge < -0.3 is 4.74 Å². The van der Waals surface area contributed by atoms with E-state index in [1.54, 1.807) is 25.3 Å². The monoisotopic (exact) mass is 202 g/mol. The summed E-state index contributed by atoms with van der Waals surface area (Å²) in [6.45, 7) is 3.65. The second-order valence-electron chi connectivity index (χ2n) is 2.55. The maximum atomic E-state index is 13.3. The number of hydrogen-bond acceptors (Lipinski definition) is 3. The molecule has 0 amide bonds. The minimum atomic E-state index is -1.63. The van der Waals surface area contributed by atoms with Gasteiger partial charge >= 0.3 is 5.97 Å². The molecule has 0 saturated carbocycles. The van der Waals surface area contributed by atoms with Gasteiger partial charge in [0.15, 0.2) is 0 Å². The minimum absolute atomic E-state index is 0.211. The van der Waals surface area contributed by atoms with Crippen molar-refractivity contribution in [2.24, 2.45) is 0 Å². The van der Waals surface area contributed by atoms with Crippen LogP contribution in [0.1, 0.15) is 23.5 Å². The van der Waals surface area contributed by atoms with Gasteiger partial charge in [-0.15, -0.1) is 11.3 Å². The molecule has 2 nitrogen and oxygen atoms in total. The molecule has 72 valence electrons. The summed E-state index contributed by atoms with van der Waals surface area (Å²) >= 11 is 1.42. The molecule has 0 spiro atoms. The number of rotatable bonds is 3. The zero-order chi connectivity index (χ0) is 9.84. The molecule has 0 radical (unpaired) electrons. The van der Waals surface area contributed by atoms with Gasteiger partial charge in [-0.1, -0.05) is 0 Å². The molecular formula is C9H11FO2S. The van der Waals surface area contributed by atoms with Crippen molar-refractivity contribution < 1.29 is 13.9 Å². The largest absolute Gasteiger partial charge is 0.464 e. The van der Waals surface area contributed by atoms with Crippen LogP contribution in [-0.4, -0.2) is 12.6 Å². The summed E-state index contributed by atoms with van der Waals surface area (Å²) < 4.78 is 17.9. The van der Waals surface area contributed by atoms with Crippen LogP contribution in [0.3, 0.4) is 0 Å². The van der Waals surface area contributed by atoms with Crippen LogP contribution in [0, 0.1) is 6.92 Å². The van der Waals surface area contributed by atoms with Crippen LogP contribution in [-0.2, 0) is 9.53 Å². The zero-order valence-electron chi connectivity index (χ0n) is 7.54. The fourth-order valence-corrected chi connectivity index (χ4v) is 1.73. The van der Waals surface area contributed by atoms with Crippen molar-refractivity contribution in [2.45, 2.75) is 20.0 Å². The molecule has 0 aliphatic heterocycles. The van der Waals surface area contributed by atoms with Crippen molar-refractivity contribution in [1.82, 2.24) is 0 Å². The molecule has 1 rings (SSSR count). The van der Waals surface area contributed by atoms with Gasteiger partial charge in [0.05, 0.1) is 6.61 Å². The van der Waals surface area contributed by atoms with E-state index in [1.165, 1.54) is 11.3 Å². The number of ether oxygens (including phenoxy) is 1. The van der Waals surface area contributed by atoms with Gasteiger partial charge in [-0.3, -0.25) is 0 Å². The molecule has 1 aromatic rings. The van der Waals surface area contributed by atoms with E-state index in [0.29, 0.717) is 5.56 Å². The highest BCUT2D eigenvalue weighted by Gasteiger charge is 2.22. The van der Waals surface area contributed by atoms with Gasteiger partial charge in [0, 0.05) is 10.4 Å². The highest BCUT2D eigenvalue weighted by molar-refractivity contribution is 7.10. The molecular weight excluding hydrogens is 191 g/mol. The lowest BCUT2D eigenvalue weighted by atomic mass is 10.2. The third-order valence-corrected chi connectivity index (χ3v) is 2.53. The summed E-state index contributed by atoms with van der Waals surface area (Å²) in [4.78, 5) is 11.8. The number of halogens is 1. The highest BCUT2D eigenvalue weighted by Crippen LogP contribution is 2.26. The van der Waals surface area contributed by atoms with Crippen molar-refractivity contribution in [3.05, 3.63) is 21.9 Å². The molecule has 1 heterocycles. The number of aryl methyl sites for hydroxylation is 1. The number of alkyl halides is 1. The van der Waals surface area contributed by atoms with Crippen molar-refractivity contribution in [2.75, 3.05) is 6.61 Å². The summed E-state index contributed by atoms with van der Waals surface area (Å²) in [5.41, 5.74) is 0.420. The van der Waals surface area contributed by atoms with Gasteiger partial charge in [0.1, 0.15) is 0 Å². The standard InChI is InChI=1S/C9H11FO2S/c1-3-12-9(11)8(10)7-4-5-13-6(7)2/h4-5,8H,3H2,1-2H3. The molecule has 13 heavy (non-hydrogen) atoms. The predicted molar refractivity (Wildman–Crippen MR) is 49.5 cm³/mol. The normalized spacial score (nSPS) is 12.5. The third kappa shape index (κ3) is 2.28. The average molecular weight is 202 g/mol. The highest BCUT2D eigenvalue weighted by atomic mass is 32.1. The van der Waals surface area contributed by atoms with E-state index in [-0.39, 0.29) is 6.61 Å². The Kier molecular flexibility index (Phi) is 3.42. The molecule has 0 N–H and O–H groups in total. The molecule has 1 atom stereocenters. The Labute approximate surface area is 80.3 Å². The van der Waals surface area contributed by atoms with Crippen LogP contribution in [0.2, 0.25) is 0 Å². The summed E-state index contributed by atoms with van der Waals surface area (Å²) in [5.74, 6) is -0.802. The lowest BCUT2D eigenvalue weighted by Gasteiger charge is -2.06. The van der Waals surface area contributed by atoms with E-state index < -0.39 is 12.1 Å². The lowest BCUT2D eigenvalue weighted by molar-refractivity contribution is -0.149. The Hall–Kier alpha value is -0.900. The van der Waals surface area contributed by atoms with Gasteiger partial charge in [-0.2, -0.15) is 0 Å². The number of carbonyl (C=O) groups is 1. The SMILES string of the molecule is CCOC(=O)C(F)c1ccsc1C. The van der Waals surface area contributed by atoms with Crippen LogP contribution >= 0.6 is 11.3 Å².